The van der Waals surface area contributed by atoms with E-state index in [1.54, 1.807) is 6.07 Å². The molecular weight excluding hydrogens is 298 g/mol. The van der Waals surface area contributed by atoms with E-state index in [2.05, 4.69) is 4.72 Å². The Morgan fingerprint density at radius 2 is 1.71 bits per heavy atom. The largest absolute Gasteiger partial charge is 0.399 e. The first-order valence-corrected chi connectivity index (χ1v) is 7.65. The molecule has 0 aromatic heterocycles. The summed E-state index contributed by atoms with van der Waals surface area (Å²) in [7, 11) is -3.69. The van der Waals surface area contributed by atoms with Crippen LogP contribution in [0.25, 0.3) is 0 Å². The molecule has 0 atom stereocenters. The van der Waals surface area contributed by atoms with Gasteiger partial charge in [-0.25, -0.2) is 21.9 Å². The summed E-state index contributed by atoms with van der Waals surface area (Å²) >= 11 is 0. The van der Waals surface area contributed by atoms with Crippen LogP contribution in [0.5, 0.6) is 0 Å². The lowest BCUT2D eigenvalue weighted by atomic mass is 10.1. The van der Waals surface area contributed by atoms with Crippen molar-refractivity contribution in [3.05, 3.63) is 59.7 Å². The van der Waals surface area contributed by atoms with E-state index in [0.717, 1.165) is 18.2 Å². The maximum Gasteiger partial charge on any atom is 0.240 e. The molecule has 2 rings (SSSR count). The molecular formula is C14H14F2N2O2S. The van der Waals surface area contributed by atoms with Crippen molar-refractivity contribution in [2.75, 3.05) is 12.3 Å². The van der Waals surface area contributed by atoms with Crippen molar-refractivity contribution in [3.63, 3.8) is 0 Å². The van der Waals surface area contributed by atoms with E-state index < -0.39 is 21.7 Å². The number of rotatable bonds is 5. The summed E-state index contributed by atoms with van der Waals surface area (Å²) in [6, 6.07) is 8.96. The summed E-state index contributed by atoms with van der Waals surface area (Å²) in [6.07, 6.45) is 0.177. The van der Waals surface area contributed by atoms with Crippen LogP contribution in [0.4, 0.5) is 14.5 Å². The number of halogens is 2. The normalized spacial score (nSPS) is 11.5. The summed E-state index contributed by atoms with van der Waals surface area (Å²) in [5.41, 5.74) is 6.25. The van der Waals surface area contributed by atoms with Crippen molar-refractivity contribution < 1.29 is 17.2 Å². The highest BCUT2D eigenvalue weighted by molar-refractivity contribution is 7.89. The highest BCUT2D eigenvalue weighted by Crippen LogP contribution is 2.13. The van der Waals surface area contributed by atoms with Gasteiger partial charge in [0.2, 0.25) is 10.0 Å². The van der Waals surface area contributed by atoms with E-state index in [4.69, 9.17) is 5.73 Å². The number of nitrogens with one attached hydrogen (secondary N) is 1. The Balaban J connectivity index is 2.02. The molecule has 112 valence electrons. The molecule has 21 heavy (non-hydrogen) atoms. The minimum Gasteiger partial charge on any atom is -0.399 e. The van der Waals surface area contributed by atoms with E-state index in [9.17, 15) is 17.2 Å². The zero-order valence-corrected chi connectivity index (χ0v) is 11.8. The molecule has 0 radical (unpaired) electrons. The standard InChI is InChI=1S/C14H14F2N2O2S/c15-11-6-10(7-12(16)8-11)4-5-18-21(19,20)14-3-1-2-13(17)9-14/h1-3,6-9,18H,4-5,17H2. The third kappa shape index (κ3) is 4.24. The van der Waals surface area contributed by atoms with Crippen molar-refractivity contribution in [3.8, 4) is 0 Å². The lowest BCUT2D eigenvalue weighted by molar-refractivity contribution is 0.576. The highest BCUT2D eigenvalue weighted by atomic mass is 32.2. The second kappa shape index (κ2) is 6.19. The lowest BCUT2D eigenvalue weighted by Crippen LogP contribution is -2.26. The third-order valence-corrected chi connectivity index (χ3v) is 4.26. The van der Waals surface area contributed by atoms with Crippen LogP contribution >= 0.6 is 0 Å². The van der Waals surface area contributed by atoms with Gasteiger partial charge in [0, 0.05) is 18.3 Å². The summed E-state index contributed by atoms with van der Waals surface area (Å²) in [5, 5.41) is 0. The van der Waals surface area contributed by atoms with Gasteiger partial charge in [-0.2, -0.15) is 0 Å². The van der Waals surface area contributed by atoms with Crippen LogP contribution < -0.4 is 10.5 Å². The van der Waals surface area contributed by atoms with Gasteiger partial charge in [0.1, 0.15) is 11.6 Å². The minimum absolute atomic E-state index is 0.0278. The Bertz CT molecular complexity index is 728. The first-order chi connectivity index (χ1) is 9.87. The van der Waals surface area contributed by atoms with E-state index >= 15 is 0 Å². The van der Waals surface area contributed by atoms with Crippen LogP contribution in [0.1, 0.15) is 5.56 Å². The number of sulfonamides is 1. The third-order valence-electron chi connectivity index (χ3n) is 2.80. The van der Waals surface area contributed by atoms with Crippen LogP contribution in [-0.4, -0.2) is 15.0 Å². The van der Waals surface area contributed by atoms with Gasteiger partial charge < -0.3 is 5.73 Å². The van der Waals surface area contributed by atoms with Gasteiger partial charge in [0.25, 0.3) is 0 Å². The molecule has 2 aromatic rings. The summed E-state index contributed by atoms with van der Waals surface area (Å²) < 4.78 is 52.4. The van der Waals surface area contributed by atoms with E-state index in [1.165, 1.54) is 18.2 Å². The number of hydrogen-bond acceptors (Lipinski definition) is 3. The molecule has 3 N–H and O–H groups in total. The van der Waals surface area contributed by atoms with Crippen LogP contribution in [0.3, 0.4) is 0 Å². The fraction of sp³-hybridized carbons (Fsp3) is 0.143. The molecule has 0 heterocycles. The average molecular weight is 312 g/mol. The van der Waals surface area contributed by atoms with E-state index in [-0.39, 0.29) is 17.9 Å². The summed E-state index contributed by atoms with van der Waals surface area (Å²) in [4.78, 5) is 0.0490. The van der Waals surface area contributed by atoms with Crippen molar-refractivity contribution in [2.24, 2.45) is 0 Å². The van der Waals surface area contributed by atoms with Crippen LogP contribution in [0.2, 0.25) is 0 Å². The zero-order valence-electron chi connectivity index (χ0n) is 11.0. The predicted octanol–water partition coefficient (Wildman–Crippen LogP) is 2.07. The van der Waals surface area contributed by atoms with Gasteiger partial charge in [-0.3, -0.25) is 0 Å². The summed E-state index contributed by atoms with van der Waals surface area (Å²) in [5.74, 6) is -1.38. The molecule has 0 fully saturated rings. The molecule has 0 unspecified atom stereocenters. The fourth-order valence-corrected chi connectivity index (χ4v) is 2.94. The molecule has 0 aliphatic carbocycles. The Morgan fingerprint density at radius 3 is 2.33 bits per heavy atom. The van der Waals surface area contributed by atoms with Crippen molar-refractivity contribution >= 4 is 15.7 Å². The number of anilines is 1. The monoisotopic (exact) mass is 312 g/mol. The Labute approximate surface area is 121 Å². The van der Waals surface area contributed by atoms with Crippen molar-refractivity contribution in [1.82, 2.24) is 4.72 Å². The molecule has 7 heteroatoms. The first-order valence-electron chi connectivity index (χ1n) is 6.17. The van der Waals surface area contributed by atoms with Gasteiger partial charge in [-0.1, -0.05) is 6.07 Å². The summed E-state index contributed by atoms with van der Waals surface area (Å²) in [6.45, 7) is 0.0278. The Kier molecular flexibility index (Phi) is 4.54. The molecule has 4 nitrogen and oxygen atoms in total. The van der Waals surface area contributed by atoms with E-state index in [1.807, 2.05) is 0 Å². The Morgan fingerprint density at radius 1 is 1.05 bits per heavy atom. The predicted molar refractivity (Wildman–Crippen MR) is 76.1 cm³/mol. The molecule has 0 saturated carbocycles. The molecule has 0 spiro atoms. The molecule has 0 aliphatic rings. The van der Waals surface area contributed by atoms with Gasteiger partial charge >= 0.3 is 0 Å². The molecule has 0 saturated heterocycles. The topological polar surface area (TPSA) is 72.2 Å². The molecule has 2 aromatic carbocycles. The fourth-order valence-electron chi connectivity index (χ4n) is 1.85. The molecule has 0 aliphatic heterocycles. The first kappa shape index (κ1) is 15.4. The molecule has 0 amide bonds. The van der Waals surface area contributed by atoms with Crippen LogP contribution in [0.15, 0.2) is 47.4 Å². The zero-order chi connectivity index (χ0) is 15.5. The maximum absolute atomic E-state index is 13.0. The second-order valence-corrected chi connectivity index (χ2v) is 6.26. The van der Waals surface area contributed by atoms with E-state index in [0.29, 0.717) is 11.3 Å². The van der Waals surface area contributed by atoms with Gasteiger partial charge in [0.15, 0.2) is 0 Å². The smallest absolute Gasteiger partial charge is 0.240 e. The maximum atomic E-state index is 13.0. The number of nitrogen functional groups attached to an aromatic ring is 1. The Hall–Kier alpha value is -1.99. The minimum atomic E-state index is -3.69. The highest BCUT2D eigenvalue weighted by Gasteiger charge is 2.13. The van der Waals surface area contributed by atoms with Crippen LogP contribution in [0, 0.1) is 11.6 Å². The SMILES string of the molecule is Nc1cccc(S(=O)(=O)NCCc2cc(F)cc(F)c2)c1. The number of benzene rings is 2. The lowest BCUT2D eigenvalue weighted by Gasteiger charge is -2.07. The van der Waals surface area contributed by atoms with Crippen LogP contribution in [-0.2, 0) is 16.4 Å². The number of hydrogen-bond donors (Lipinski definition) is 2. The van der Waals surface area contributed by atoms with Crippen molar-refractivity contribution in [2.45, 2.75) is 11.3 Å². The van der Waals surface area contributed by atoms with Crippen molar-refractivity contribution in [1.29, 1.82) is 0 Å². The average Bonchev–Trinajstić information content (AvgIpc) is 2.37. The molecule has 0 bridgehead atoms. The quantitative estimate of drug-likeness (QED) is 0.830. The van der Waals surface area contributed by atoms with Gasteiger partial charge in [-0.05, 0) is 42.3 Å². The van der Waals surface area contributed by atoms with Gasteiger partial charge in [0.05, 0.1) is 4.90 Å². The number of nitrogens with two attached hydrogens (primary N) is 1. The second-order valence-electron chi connectivity index (χ2n) is 4.50. The van der Waals surface area contributed by atoms with Gasteiger partial charge in [-0.15, -0.1) is 0 Å².